The summed E-state index contributed by atoms with van der Waals surface area (Å²) in [4.78, 5) is 14.0. The molecular formula is C16H24N6O4S. The molecule has 1 saturated heterocycles. The van der Waals surface area contributed by atoms with Crippen molar-refractivity contribution in [3.05, 3.63) is 17.7 Å². The zero-order chi connectivity index (χ0) is 19.6. The van der Waals surface area contributed by atoms with E-state index < -0.39 is 10.0 Å². The molecule has 2 aromatic rings. The normalized spacial score (nSPS) is 16.0. The van der Waals surface area contributed by atoms with Crippen LogP contribution in [0.4, 0.5) is 0 Å². The van der Waals surface area contributed by atoms with Crippen LogP contribution in [0, 0.1) is 6.92 Å². The summed E-state index contributed by atoms with van der Waals surface area (Å²) in [6, 6.07) is 1.88. The first-order valence-corrected chi connectivity index (χ1v) is 10.7. The Bertz CT molecular complexity index is 911. The summed E-state index contributed by atoms with van der Waals surface area (Å²) >= 11 is 0. The predicted molar refractivity (Wildman–Crippen MR) is 97.2 cm³/mol. The molecule has 0 bridgehead atoms. The molecule has 0 unspecified atom stereocenters. The first-order chi connectivity index (χ1) is 12.8. The maximum Gasteiger partial charge on any atom is 0.265 e. The van der Waals surface area contributed by atoms with Crippen LogP contribution >= 0.6 is 0 Å². The van der Waals surface area contributed by atoms with Gasteiger partial charge in [-0.05, 0) is 19.9 Å². The van der Waals surface area contributed by atoms with E-state index in [1.165, 1.54) is 10.6 Å². The molecule has 1 amide bonds. The number of amides is 1. The molecule has 0 spiro atoms. The van der Waals surface area contributed by atoms with E-state index >= 15 is 0 Å². The van der Waals surface area contributed by atoms with Gasteiger partial charge in [-0.25, -0.2) is 8.42 Å². The average Bonchev–Trinajstić information content (AvgIpc) is 3.25. The van der Waals surface area contributed by atoms with Crippen molar-refractivity contribution in [3.63, 3.8) is 0 Å². The van der Waals surface area contributed by atoms with E-state index in [9.17, 15) is 13.2 Å². The minimum atomic E-state index is -3.20. The molecule has 11 heteroatoms. The van der Waals surface area contributed by atoms with Crippen LogP contribution in [-0.2, 0) is 27.8 Å². The number of rotatable bonds is 6. The van der Waals surface area contributed by atoms with Crippen LogP contribution in [0.5, 0.6) is 0 Å². The van der Waals surface area contributed by atoms with Crippen molar-refractivity contribution in [2.45, 2.75) is 33.2 Å². The lowest BCUT2D eigenvalue weighted by molar-refractivity contribution is -0.132. The Morgan fingerprint density at radius 3 is 2.56 bits per heavy atom. The molecule has 0 atom stereocenters. The molecule has 27 heavy (non-hydrogen) atoms. The number of hydrogen-bond donors (Lipinski definition) is 0. The van der Waals surface area contributed by atoms with Crippen LogP contribution in [0.3, 0.4) is 0 Å². The summed E-state index contributed by atoms with van der Waals surface area (Å²) in [6.07, 6.45) is 1.77. The molecular weight excluding hydrogens is 372 g/mol. The number of nitrogens with zero attached hydrogens (tertiary/aromatic N) is 6. The molecule has 1 fully saturated rings. The molecule has 2 aromatic heterocycles. The van der Waals surface area contributed by atoms with Crippen molar-refractivity contribution in [1.82, 2.24) is 29.2 Å². The summed E-state index contributed by atoms with van der Waals surface area (Å²) in [5.41, 5.74) is 1.63. The molecule has 3 heterocycles. The average molecular weight is 396 g/mol. The van der Waals surface area contributed by atoms with Crippen LogP contribution in [0.2, 0.25) is 0 Å². The SMILES string of the molecule is CCn1nc(C)cc1-c1nnc(CCC(=O)N2CCN(S(C)(=O)=O)CC2)o1. The quantitative estimate of drug-likeness (QED) is 0.690. The third kappa shape index (κ3) is 4.53. The Labute approximate surface area is 158 Å². The topological polar surface area (TPSA) is 114 Å². The number of sulfonamides is 1. The second-order valence-electron chi connectivity index (χ2n) is 6.53. The highest BCUT2D eigenvalue weighted by atomic mass is 32.2. The van der Waals surface area contributed by atoms with Crippen molar-refractivity contribution in [3.8, 4) is 11.6 Å². The smallest absolute Gasteiger partial charge is 0.265 e. The third-order valence-corrected chi connectivity index (χ3v) is 5.80. The highest BCUT2D eigenvalue weighted by Gasteiger charge is 2.26. The highest BCUT2D eigenvalue weighted by Crippen LogP contribution is 2.20. The van der Waals surface area contributed by atoms with Gasteiger partial charge in [-0.1, -0.05) is 0 Å². The van der Waals surface area contributed by atoms with Gasteiger partial charge < -0.3 is 9.32 Å². The minimum Gasteiger partial charge on any atom is -0.419 e. The van der Waals surface area contributed by atoms with Crippen molar-refractivity contribution in [2.24, 2.45) is 0 Å². The van der Waals surface area contributed by atoms with Gasteiger partial charge in [0.2, 0.25) is 21.8 Å². The highest BCUT2D eigenvalue weighted by molar-refractivity contribution is 7.88. The zero-order valence-electron chi connectivity index (χ0n) is 15.8. The van der Waals surface area contributed by atoms with Gasteiger partial charge in [0.1, 0.15) is 5.69 Å². The van der Waals surface area contributed by atoms with E-state index in [0.717, 1.165) is 11.4 Å². The number of hydrogen-bond acceptors (Lipinski definition) is 7. The van der Waals surface area contributed by atoms with Gasteiger partial charge in [0.15, 0.2) is 0 Å². The van der Waals surface area contributed by atoms with E-state index in [1.54, 1.807) is 9.58 Å². The summed E-state index contributed by atoms with van der Waals surface area (Å²) in [7, 11) is -3.20. The predicted octanol–water partition coefficient (Wildman–Crippen LogP) is 0.298. The number of aromatic nitrogens is 4. The van der Waals surface area contributed by atoms with Crippen molar-refractivity contribution < 1.29 is 17.6 Å². The lowest BCUT2D eigenvalue weighted by Gasteiger charge is -2.33. The fourth-order valence-electron chi connectivity index (χ4n) is 3.06. The van der Waals surface area contributed by atoms with Gasteiger partial charge >= 0.3 is 0 Å². The molecule has 0 saturated carbocycles. The summed E-state index contributed by atoms with van der Waals surface area (Å²) < 4.78 is 31.9. The molecule has 0 radical (unpaired) electrons. The van der Waals surface area contributed by atoms with Gasteiger partial charge in [0, 0.05) is 45.6 Å². The maximum atomic E-state index is 12.4. The fourth-order valence-corrected chi connectivity index (χ4v) is 3.88. The lowest BCUT2D eigenvalue weighted by Crippen LogP contribution is -2.50. The molecule has 0 aliphatic carbocycles. The van der Waals surface area contributed by atoms with E-state index in [-0.39, 0.29) is 12.3 Å². The Morgan fingerprint density at radius 1 is 1.22 bits per heavy atom. The van der Waals surface area contributed by atoms with Gasteiger partial charge in [-0.3, -0.25) is 9.48 Å². The van der Waals surface area contributed by atoms with Crippen molar-refractivity contribution in [1.29, 1.82) is 0 Å². The van der Waals surface area contributed by atoms with Crippen LogP contribution in [0.25, 0.3) is 11.6 Å². The number of carbonyl (C=O) groups excluding carboxylic acids is 1. The summed E-state index contributed by atoms with van der Waals surface area (Å²) in [5.74, 6) is 0.744. The van der Waals surface area contributed by atoms with Crippen molar-refractivity contribution >= 4 is 15.9 Å². The van der Waals surface area contributed by atoms with Crippen LogP contribution in [0.1, 0.15) is 24.9 Å². The minimum absolute atomic E-state index is 0.0441. The molecule has 3 rings (SSSR count). The van der Waals surface area contributed by atoms with E-state index in [4.69, 9.17) is 4.42 Å². The van der Waals surface area contributed by atoms with Gasteiger partial charge in [-0.2, -0.15) is 9.40 Å². The molecule has 0 aromatic carbocycles. The van der Waals surface area contributed by atoms with Crippen molar-refractivity contribution in [2.75, 3.05) is 32.4 Å². The van der Waals surface area contributed by atoms with E-state index in [0.29, 0.717) is 50.9 Å². The lowest BCUT2D eigenvalue weighted by atomic mass is 10.2. The maximum absolute atomic E-state index is 12.4. The summed E-state index contributed by atoms with van der Waals surface area (Å²) in [6.45, 7) is 6.03. The second kappa shape index (κ2) is 7.77. The molecule has 148 valence electrons. The van der Waals surface area contributed by atoms with Crippen LogP contribution < -0.4 is 0 Å². The molecule has 0 N–H and O–H groups in total. The first-order valence-electron chi connectivity index (χ1n) is 8.88. The molecule has 10 nitrogen and oxygen atoms in total. The largest absolute Gasteiger partial charge is 0.419 e. The molecule has 1 aliphatic rings. The first kappa shape index (κ1) is 19.5. The van der Waals surface area contributed by atoms with Gasteiger partial charge in [0.05, 0.1) is 11.9 Å². The van der Waals surface area contributed by atoms with Gasteiger partial charge in [-0.15, -0.1) is 10.2 Å². The number of piperazine rings is 1. The number of carbonyl (C=O) groups is 1. The molecule has 1 aliphatic heterocycles. The zero-order valence-corrected chi connectivity index (χ0v) is 16.6. The summed E-state index contributed by atoms with van der Waals surface area (Å²) in [5, 5.41) is 12.4. The standard InChI is InChI=1S/C16H24N6O4S/c1-4-22-13(11-12(2)19-22)16-18-17-14(26-16)5-6-15(23)20-7-9-21(10-8-20)27(3,24)25/h11H,4-10H2,1-3H3. The second-order valence-corrected chi connectivity index (χ2v) is 8.51. The van der Waals surface area contributed by atoms with E-state index in [2.05, 4.69) is 15.3 Å². The monoisotopic (exact) mass is 396 g/mol. The number of aryl methyl sites for hydroxylation is 3. The van der Waals surface area contributed by atoms with E-state index in [1.807, 2.05) is 19.9 Å². The Balaban J connectivity index is 1.55. The van der Waals surface area contributed by atoms with Crippen LogP contribution in [0.15, 0.2) is 10.5 Å². The Morgan fingerprint density at radius 2 is 1.93 bits per heavy atom. The van der Waals surface area contributed by atoms with Crippen LogP contribution in [-0.4, -0.2) is 75.9 Å². The fraction of sp³-hybridized carbons (Fsp3) is 0.625. The Kier molecular flexibility index (Phi) is 5.61. The third-order valence-electron chi connectivity index (χ3n) is 4.50. The van der Waals surface area contributed by atoms with Gasteiger partial charge in [0.25, 0.3) is 5.89 Å². The Hall–Kier alpha value is -2.27.